The standard InChI is InChI=1S/C10H19F3O3/c1-2-3-5-16-6-4-9(7-14,8-15)10(11,12)13/h14-15H,2-8H2,1H3. The van der Waals surface area contributed by atoms with Crippen LogP contribution < -0.4 is 0 Å². The van der Waals surface area contributed by atoms with Gasteiger partial charge in [0.1, 0.15) is 5.41 Å². The van der Waals surface area contributed by atoms with Gasteiger partial charge in [0.05, 0.1) is 13.2 Å². The van der Waals surface area contributed by atoms with Crippen molar-refractivity contribution < 1.29 is 28.1 Å². The summed E-state index contributed by atoms with van der Waals surface area (Å²) in [5.41, 5.74) is -2.45. The van der Waals surface area contributed by atoms with E-state index in [0.717, 1.165) is 12.8 Å². The predicted octanol–water partition coefficient (Wildman–Crippen LogP) is 1.73. The number of aliphatic hydroxyl groups excluding tert-OH is 2. The van der Waals surface area contributed by atoms with Crippen molar-refractivity contribution in [2.45, 2.75) is 32.4 Å². The second-order valence-electron chi connectivity index (χ2n) is 3.81. The first-order valence-corrected chi connectivity index (χ1v) is 5.29. The molecule has 0 bridgehead atoms. The van der Waals surface area contributed by atoms with Crippen LogP contribution >= 0.6 is 0 Å². The third-order valence-corrected chi connectivity index (χ3v) is 2.57. The van der Waals surface area contributed by atoms with Crippen molar-refractivity contribution >= 4 is 0 Å². The highest BCUT2D eigenvalue weighted by Gasteiger charge is 2.53. The summed E-state index contributed by atoms with van der Waals surface area (Å²) in [7, 11) is 0. The molecular formula is C10H19F3O3. The van der Waals surface area contributed by atoms with E-state index in [-0.39, 0.29) is 6.61 Å². The molecule has 3 nitrogen and oxygen atoms in total. The average molecular weight is 244 g/mol. The van der Waals surface area contributed by atoms with Crippen LogP contribution in [0.1, 0.15) is 26.2 Å². The second kappa shape index (κ2) is 7.09. The monoisotopic (exact) mass is 244 g/mol. The fourth-order valence-corrected chi connectivity index (χ4v) is 1.15. The van der Waals surface area contributed by atoms with E-state index in [4.69, 9.17) is 14.9 Å². The van der Waals surface area contributed by atoms with E-state index in [9.17, 15) is 13.2 Å². The summed E-state index contributed by atoms with van der Waals surface area (Å²) >= 11 is 0. The highest BCUT2D eigenvalue weighted by Crippen LogP contribution is 2.40. The number of aliphatic hydroxyl groups is 2. The van der Waals surface area contributed by atoms with Gasteiger partial charge < -0.3 is 14.9 Å². The van der Waals surface area contributed by atoms with Crippen molar-refractivity contribution in [3.8, 4) is 0 Å². The fourth-order valence-electron chi connectivity index (χ4n) is 1.15. The molecule has 16 heavy (non-hydrogen) atoms. The molecule has 0 unspecified atom stereocenters. The average Bonchev–Trinajstić information content (AvgIpc) is 2.22. The van der Waals surface area contributed by atoms with E-state index in [1.165, 1.54) is 0 Å². The second-order valence-corrected chi connectivity index (χ2v) is 3.81. The minimum Gasteiger partial charge on any atom is -0.395 e. The van der Waals surface area contributed by atoms with Crippen LogP contribution in [0.4, 0.5) is 13.2 Å². The normalized spacial score (nSPS) is 13.1. The molecule has 0 fully saturated rings. The molecule has 6 heteroatoms. The van der Waals surface area contributed by atoms with Crippen LogP contribution in [-0.2, 0) is 4.74 Å². The van der Waals surface area contributed by atoms with Crippen LogP contribution in [0.2, 0.25) is 0 Å². The molecule has 0 saturated carbocycles. The van der Waals surface area contributed by atoms with Gasteiger partial charge in [-0.25, -0.2) is 0 Å². The van der Waals surface area contributed by atoms with E-state index in [0.29, 0.717) is 6.61 Å². The first kappa shape index (κ1) is 15.7. The molecule has 0 aromatic carbocycles. The van der Waals surface area contributed by atoms with Crippen molar-refractivity contribution in [1.82, 2.24) is 0 Å². The molecular weight excluding hydrogens is 225 g/mol. The topological polar surface area (TPSA) is 49.7 Å². The Bertz CT molecular complexity index is 179. The van der Waals surface area contributed by atoms with Gasteiger partial charge in [-0.05, 0) is 12.8 Å². The van der Waals surface area contributed by atoms with Gasteiger partial charge in [0.15, 0.2) is 0 Å². The van der Waals surface area contributed by atoms with Gasteiger partial charge in [0.2, 0.25) is 0 Å². The SMILES string of the molecule is CCCCOCCC(CO)(CO)C(F)(F)F. The number of hydrogen-bond donors (Lipinski definition) is 2. The zero-order valence-electron chi connectivity index (χ0n) is 9.39. The van der Waals surface area contributed by atoms with Crippen molar-refractivity contribution in [1.29, 1.82) is 0 Å². The summed E-state index contributed by atoms with van der Waals surface area (Å²) in [4.78, 5) is 0. The Morgan fingerprint density at radius 1 is 1.06 bits per heavy atom. The molecule has 0 radical (unpaired) electrons. The third-order valence-electron chi connectivity index (χ3n) is 2.57. The first-order chi connectivity index (χ1) is 7.43. The van der Waals surface area contributed by atoms with E-state index in [1.807, 2.05) is 6.92 Å². The first-order valence-electron chi connectivity index (χ1n) is 5.29. The largest absolute Gasteiger partial charge is 0.398 e. The number of alkyl halides is 3. The van der Waals surface area contributed by atoms with Crippen molar-refractivity contribution in [3.63, 3.8) is 0 Å². The van der Waals surface area contributed by atoms with Gasteiger partial charge in [0, 0.05) is 13.2 Å². The summed E-state index contributed by atoms with van der Waals surface area (Å²) in [6.07, 6.45) is -3.35. The summed E-state index contributed by atoms with van der Waals surface area (Å²) in [5, 5.41) is 17.6. The fraction of sp³-hybridized carbons (Fsp3) is 1.00. The van der Waals surface area contributed by atoms with Crippen LogP contribution in [0.15, 0.2) is 0 Å². The lowest BCUT2D eigenvalue weighted by molar-refractivity contribution is -0.252. The van der Waals surface area contributed by atoms with Crippen molar-refractivity contribution in [2.24, 2.45) is 5.41 Å². The summed E-state index contributed by atoms with van der Waals surface area (Å²) in [6.45, 7) is 0.00101. The Hall–Kier alpha value is -0.330. The molecule has 2 N–H and O–H groups in total. The lowest BCUT2D eigenvalue weighted by Crippen LogP contribution is -2.45. The van der Waals surface area contributed by atoms with Crippen LogP contribution in [0, 0.1) is 5.41 Å². The molecule has 0 rings (SSSR count). The van der Waals surface area contributed by atoms with Gasteiger partial charge >= 0.3 is 6.18 Å². The van der Waals surface area contributed by atoms with E-state index < -0.39 is 31.2 Å². The number of rotatable bonds is 8. The van der Waals surface area contributed by atoms with E-state index >= 15 is 0 Å². The maximum absolute atomic E-state index is 12.6. The summed E-state index contributed by atoms with van der Waals surface area (Å²) in [6, 6.07) is 0. The quantitative estimate of drug-likeness (QED) is 0.639. The highest BCUT2D eigenvalue weighted by molar-refractivity contribution is 4.85. The molecule has 0 atom stereocenters. The zero-order chi connectivity index (χ0) is 12.7. The number of hydrogen-bond acceptors (Lipinski definition) is 3. The maximum atomic E-state index is 12.6. The third kappa shape index (κ3) is 4.27. The Morgan fingerprint density at radius 2 is 1.62 bits per heavy atom. The van der Waals surface area contributed by atoms with Crippen LogP contribution in [0.3, 0.4) is 0 Å². The maximum Gasteiger partial charge on any atom is 0.398 e. The number of halogens is 3. The predicted molar refractivity (Wildman–Crippen MR) is 53.0 cm³/mol. The van der Waals surface area contributed by atoms with Gasteiger partial charge in [0.25, 0.3) is 0 Å². The highest BCUT2D eigenvalue weighted by atomic mass is 19.4. The van der Waals surface area contributed by atoms with Crippen LogP contribution in [-0.4, -0.2) is 42.8 Å². The van der Waals surface area contributed by atoms with Gasteiger partial charge in [-0.3, -0.25) is 0 Å². The molecule has 0 heterocycles. The molecule has 0 spiro atoms. The molecule has 98 valence electrons. The molecule has 0 aliphatic heterocycles. The lowest BCUT2D eigenvalue weighted by Gasteiger charge is -2.31. The molecule has 0 amide bonds. The lowest BCUT2D eigenvalue weighted by atomic mass is 9.86. The molecule has 0 saturated heterocycles. The Labute approximate surface area is 93.2 Å². The van der Waals surface area contributed by atoms with E-state index in [2.05, 4.69) is 0 Å². The number of unbranched alkanes of at least 4 members (excludes halogenated alkanes) is 1. The molecule has 0 aromatic heterocycles. The van der Waals surface area contributed by atoms with Gasteiger partial charge in [-0.15, -0.1) is 0 Å². The van der Waals surface area contributed by atoms with Crippen LogP contribution in [0.5, 0.6) is 0 Å². The summed E-state index contributed by atoms with van der Waals surface area (Å²) in [5.74, 6) is 0. The van der Waals surface area contributed by atoms with E-state index in [1.54, 1.807) is 0 Å². The minimum absolute atomic E-state index is 0.110. The Balaban J connectivity index is 4.14. The molecule has 0 aliphatic carbocycles. The Kier molecular flexibility index (Phi) is 6.94. The minimum atomic E-state index is -4.62. The number of ether oxygens (including phenoxy) is 1. The van der Waals surface area contributed by atoms with Gasteiger partial charge in [-0.2, -0.15) is 13.2 Å². The summed E-state index contributed by atoms with van der Waals surface area (Å²) < 4.78 is 42.7. The molecule has 0 aromatic rings. The zero-order valence-corrected chi connectivity index (χ0v) is 9.39. The smallest absolute Gasteiger partial charge is 0.395 e. The van der Waals surface area contributed by atoms with Gasteiger partial charge in [-0.1, -0.05) is 13.3 Å². The van der Waals surface area contributed by atoms with Crippen LogP contribution in [0.25, 0.3) is 0 Å². The Morgan fingerprint density at radius 3 is 2.00 bits per heavy atom. The molecule has 0 aliphatic rings. The van der Waals surface area contributed by atoms with Crippen molar-refractivity contribution in [2.75, 3.05) is 26.4 Å². The van der Waals surface area contributed by atoms with Crippen molar-refractivity contribution in [3.05, 3.63) is 0 Å².